The van der Waals surface area contributed by atoms with Crippen molar-refractivity contribution in [2.24, 2.45) is 0 Å². The topological polar surface area (TPSA) is 49.7 Å². The molecule has 20 heavy (non-hydrogen) atoms. The number of ether oxygens (including phenoxy) is 1. The quantitative estimate of drug-likeness (QED) is 0.738. The third-order valence-electron chi connectivity index (χ3n) is 3.05. The molecule has 0 heterocycles. The van der Waals surface area contributed by atoms with Crippen molar-refractivity contribution in [1.82, 2.24) is 0 Å². The average molecular weight is 357 g/mol. The van der Waals surface area contributed by atoms with Crippen molar-refractivity contribution >= 4 is 15.9 Å². The first-order valence-electron chi connectivity index (χ1n) is 5.95. The van der Waals surface area contributed by atoms with Gasteiger partial charge in [-0.3, -0.25) is 0 Å². The van der Waals surface area contributed by atoms with Gasteiger partial charge in [-0.15, -0.1) is 0 Å². The highest BCUT2D eigenvalue weighted by Gasteiger charge is 2.32. The summed E-state index contributed by atoms with van der Waals surface area (Å²) >= 11 is 3.27. The summed E-state index contributed by atoms with van der Waals surface area (Å²) in [6, 6.07) is 6.90. The van der Waals surface area contributed by atoms with Gasteiger partial charge in [0.1, 0.15) is 6.61 Å². The van der Waals surface area contributed by atoms with Crippen molar-refractivity contribution in [2.45, 2.75) is 18.0 Å². The van der Waals surface area contributed by atoms with E-state index in [1.54, 1.807) is 24.3 Å². The van der Waals surface area contributed by atoms with Crippen LogP contribution in [0.15, 0.2) is 28.7 Å². The van der Waals surface area contributed by atoms with Crippen LogP contribution in [-0.2, 0) is 10.2 Å². The van der Waals surface area contributed by atoms with E-state index in [1.807, 2.05) is 0 Å². The van der Waals surface area contributed by atoms with Crippen molar-refractivity contribution in [2.75, 3.05) is 26.4 Å². The van der Waals surface area contributed by atoms with Crippen LogP contribution >= 0.6 is 15.9 Å². The molecule has 0 spiro atoms. The summed E-state index contributed by atoms with van der Waals surface area (Å²) in [4.78, 5) is 0. The lowest BCUT2D eigenvalue weighted by Crippen LogP contribution is -2.36. The summed E-state index contributed by atoms with van der Waals surface area (Å²) in [7, 11) is 0. The molecular formula is C13H16BrF3O3. The molecule has 1 aromatic carbocycles. The minimum absolute atomic E-state index is 0.0950. The van der Waals surface area contributed by atoms with Crippen LogP contribution in [0.3, 0.4) is 0 Å². The number of hydrogen-bond donors (Lipinski definition) is 2. The second kappa shape index (κ2) is 7.40. The maximum Gasteiger partial charge on any atom is 0.411 e. The number of rotatable bonds is 7. The molecule has 7 heteroatoms. The molecule has 1 rings (SSSR count). The van der Waals surface area contributed by atoms with Crippen molar-refractivity contribution in [3.05, 3.63) is 34.3 Å². The van der Waals surface area contributed by atoms with Crippen LogP contribution in [0, 0.1) is 0 Å². The average Bonchev–Trinajstić information content (AvgIpc) is 2.40. The van der Waals surface area contributed by atoms with E-state index in [0.29, 0.717) is 5.56 Å². The summed E-state index contributed by atoms with van der Waals surface area (Å²) in [6.07, 6.45) is -4.28. The second-order valence-corrected chi connectivity index (χ2v) is 5.44. The lowest BCUT2D eigenvalue weighted by molar-refractivity contribution is -0.175. The fourth-order valence-corrected chi connectivity index (χ4v) is 2.06. The third kappa shape index (κ3) is 5.05. The zero-order chi connectivity index (χ0) is 15.2. The molecule has 0 aliphatic heterocycles. The minimum atomic E-state index is -4.38. The van der Waals surface area contributed by atoms with Gasteiger partial charge in [-0.05, 0) is 24.1 Å². The molecule has 0 bridgehead atoms. The van der Waals surface area contributed by atoms with E-state index in [9.17, 15) is 23.4 Å². The van der Waals surface area contributed by atoms with Crippen LogP contribution in [0.2, 0.25) is 0 Å². The Morgan fingerprint density at radius 1 is 1.05 bits per heavy atom. The summed E-state index contributed by atoms with van der Waals surface area (Å²) in [5.74, 6) is 0. The van der Waals surface area contributed by atoms with E-state index in [-0.39, 0.29) is 26.2 Å². The van der Waals surface area contributed by atoms with E-state index in [4.69, 9.17) is 0 Å². The molecule has 1 aromatic rings. The zero-order valence-corrected chi connectivity index (χ0v) is 12.2. The van der Waals surface area contributed by atoms with Crippen LogP contribution in [0.25, 0.3) is 0 Å². The van der Waals surface area contributed by atoms with Crippen LogP contribution in [0.5, 0.6) is 0 Å². The fraction of sp³-hybridized carbons (Fsp3) is 0.538. The molecule has 0 aliphatic rings. The highest BCUT2D eigenvalue weighted by Crippen LogP contribution is 2.29. The summed E-state index contributed by atoms with van der Waals surface area (Å²) in [6.45, 7) is -2.28. The van der Waals surface area contributed by atoms with Gasteiger partial charge in [0.05, 0.1) is 13.2 Å². The van der Waals surface area contributed by atoms with Gasteiger partial charge < -0.3 is 14.9 Å². The molecule has 114 valence electrons. The highest BCUT2D eigenvalue weighted by molar-refractivity contribution is 9.10. The van der Waals surface area contributed by atoms with E-state index in [0.717, 1.165) is 4.47 Å². The number of aliphatic hydroxyl groups is 2. The Labute approximate surface area is 123 Å². The van der Waals surface area contributed by atoms with Gasteiger partial charge in [0.2, 0.25) is 0 Å². The van der Waals surface area contributed by atoms with Crippen molar-refractivity contribution in [3.8, 4) is 0 Å². The molecular weight excluding hydrogens is 341 g/mol. The maximum atomic E-state index is 12.0. The summed E-state index contributed by atoms with van der Waals surface area (Å²) in [5.41, 5.74) is -0.354. The SMILES string of the molecule is OCC(CO)(CCOCC(F)(F)F)c1ccc(Br)cc1. The van der Waals surface area contributed by atoms with Gasteiger partial charge in [-0.2, -0.15) is 13.2 Å². The molecule has 0 aromatic heterocycles. The first-order chi connectivity index (χ1) is 9.33. The number of benzene rings is 1. The molecule has 2 N–H and O–H groups in total. The van der Waals surface area contributed by atoms with Crippen molar-refractivity contribution in [3.63, 3.8) is 0 Å². The molecule has 0 fully saturated rings. The van der Waals surface area contributed by atoms with Crippen LogP contribution in [0.4, 0.5) is 13.2 Å². The molecule has 0 radical (unpaired) electrons. The Hall–Kier alpha value is -0.630. The minimum Gasteiger partial charge on any atom is -0.395 e. The number of alkyl halides is 3. The van der Waals surface area contributed by atoms with Crippen molar-refractivity contribution in [1.29, 1.82) is 0 Å². The summed E-state index contributed by atoms with van der Waals surface area (Å²) < 4.78 is 41.3. The normalized spacial score (nSPS) is 12.7. The van der Waals surface area contributed by atoms with Crippen molar-refractivity contribution < 1.29 is 28.1 Å². The van der Waals surface area contributed by atoms with Gasteiger partial charge in [0, 0.05) is 16.5 Å². The van der Waals surface area contributed by atoms with Gasteiger partial charge in [-0.1, -0.05) is 28.1 Å². The molecule has 0 saturated heterocycles. The second-order valence-electron chi connectivity index (χ2n) is 4.52. The smallest absolute Gasteiger partial charge is 0.395 e. The Morgan fingerprint density at radius 3 is 2.05 bits per heavy atom. The number of aliphatic hydroxyl groups excluding tert-OH is 2. The van der Waals surface area contributed by atoms with Crippen LogP contribution in [-0.4, -0.2) is 42.8 Å². The van der Waals surface area contributed by atoms with E-state index in [1.165, 1.54) is 0 Å². The van der Waals surface area contributed by atoms with Gasteiger partial charge >= 0.3 is 6.18 Å². The monoisotopic (exact) mass is 356 g/mol. The number of halogens is 4. The molecule has 0 atom stereocenters. The predicted molar refractivity (Wildman–Crippen MR) is 71.5 cm³/mol. The fourth-order valence-electron chi connectivity index (χ4n) is 1.79. The lowest BCUT2D eigenvalue weighted by Gasteiger charge is -2.30. The van der Waals surface area contributed by atoms with Gasteiger partial charge in [0.15, 0.2) is 0 Å². The number of hydrogen-bond acceptors (Lipinski definition) is 3. The Bertz CT molecular complexity index is 402. The molecule has 0 saturated carbocycles. The highest BCUT2D eigenvalue weighted by atomic mass is 79.9. The molecule has 0 amide bonds. The lowest BCUT2D eigenvalue weighted by atomic mass is 9.79. The first-order valence-corrected chi connectivity index (χ1v) is 6.74. The zero-order valence-electron chi connectivity index (χ0n) is 10.7. The molecule has 3 nitrogen and oxygen atoms in total. The third-order valence-corrected chi connectivity index (χ3v) is 3.58. The largest absolute Gasteiger partial charge is 0.411 e. The van der Waals surface area contributed by atoms with Gasteiger partial charge in [-0.25, -0.2) is 0 Å². The standard InChI is InChI=1S/C13H16BrF3O3/c14-11-3-1-10(2-4-11)12(7-18,8-19)5-6-20-9-13(15,16)17/h1-4,18-19H,5-9H2. The Kier molecular flexibility index (Phi) is 6.44. The molecule has 0 aliphatic carbocycles. The molecule has 0 unspecified atom stereocenters. The van der Waals surface area contributed by atoms with E-state index >= 15 is 0 Å². The van der Waals surface area contributed by atoms with Crippen LogP contribution < -0.4 is 0 Å². The van der Waals surface area contributed by atoms with E-state index in [2.05, 4.69) is 20.7 Å². The van der Waals surface area contributed by atoms with Gasteiger partial charge in [0.25, 0.3) is 0 Å². The Morgan fingerprint density at radius 2 is 1.60 bits per heavy atom. The maximum absolute atomic E-state index is 12.0. The Balaban J connectivity index is 2.69. The predicted octanol–water partition coefficient (Wildman–Crippen LogP) is 2.64. The van der Waals surface area contributed by atoms with E-state index < -0.39 is 18.2 Å². The summed E-state index contributed by atoms with van der Waals surface area (Å²) in [5, 5.41) is 19.0. The first kappa shape index (κ1) is 17.4. The van der Waals surface area contributed by atoms with Crippen LogP contribution in [0.1, 0.15) is 12.0 Å².